The Labute approximate surface area is 150 Å². The van der Waals surface area contributed by atoms with Gasteiger partial charge in [-0.2, -0.15) is 5.10 Å². The molecule has 7 heteroatoms. The Bertz CT molecular complexity index is 1110. The Morgan fingerprint density at radius 2 is 1.85 bits per heavy atom. The molecular weight excluding hydrogens is 328 g/mol. The first kappa shape index (κ1) is 16.0. The number of aromatic amines is 1. The van der Waals surface area contributed by atoms with Gasteiger partial charge in [0, 0.05) is 23.0 Å². The highest BCUT2D eigenvalue weighted by Gasteiger charge is 2.14. The molecule has 0 radical (unpaired) electrons. The number of nitrogens with zero attached hydrogens (tertiary/aromatic N) is 4. The first-order valence-electron chi connectivity index (χ1n) is 8.27. The van der Waals surface area contributed by atoms with Crippen LogP contribution in [0.4, 0.5) is 5.82 Å². The van der Waals surface area contributed by atoms with E-state index >= 15 is 0 Å². The predicted molar refractivity (Wildman–Crippen MR) is 99.2 cm³/mol. The molecule has 0 atom stereocenters. The molecule has 26 heavy (non-hydrogen) atoms. The van der Waals surface area contributed by atoms with Gasteiger partial charge >= 0.3 is 0 Å². The maximum Gasteiger partial charge on any atom is 0.274 e. The zero-order valence-electron chi connectivity index (χ0n) is 14.7. The molecule has 0 saturated carbocycles. The van der Waals surface area contributed by atoms with Crippen molar-refractivity contribution in [1.29, 1.82) is 0 Å². The highest BCUT2D eigenvalue weighted by molar-refractivity contribution is 6.03. The summed E-state index contributed by atoms with van der Waals surface area (Å²) in [5.74, 6) is 0.149. The van der Waals surface area contributed by atoms with Crippen molar-refractivity contribution in [3.8, 4) is 11.3 Å². The molecule has 4 rings (SSSR count). The number of benzene rings is 1. The van der Waals surface area contributed by atoms with Crippen LogP contribution >= 0.6 is 0 Å². The number of fused-ring (bicyclic) bond motifs is 1. The first-order valence-corrected chi connectivity index (χ1v) is 8.27. The third-order valence-corrected chi connectivity index (χ3v) is 4.14. The largest absolute Gasteiger partial charge is 0.304 e. The second-order valence-electron chi connectivity index (χ2n) is 6.33. The molecular formula is C19H18N6O. The van der Waals surface area contributed by atoms with Gasteiger partial charge in [-0.05, 0) is 32.9 Å². The number of amides is 1. The standard InChI is InChI=1S/C19H18N6O/c1-11-4-6-14(7-5-11)15-9-16(23-22-15)19(26)21-17-10-18-20-12(2)8-13(3)25(18)24-17/h4-10H,1-3H3,(H,22,23)(H,21,24,26). The molecule has 4 aromatic rings. The highest BCUT2D eigenvalue weighted by Crippen LogP contribution is 2.19. The maximum absolute atomic E-state index is 12.5. The average Bonchev–Trinajstić information content (AvgIpc) is 3.22. The molecule has 7 nitrogen and oxygen atoms in total. The van der Waals surface area contributed by atoms with Crippen molar-refractivity contribution in [2.24, 2.45) is 0 Å². The van der Waals surface area contributed by atoms with Crippen LogP contribution < -0.4 is 5.32 Å². The monoisotopic (exact) mass is 346 g/mol. The number of H-pyrrole nitrogens is 1. The van der Waals surface area contributed by atoms with E-state index in [4.69, 9.17) is 0 Å². The van der Waals surface area contributed by atoms with Crippen molar-refractivity contribution >= 4 is 17.4 Å². The molecule has 130 valence electrons. The number of carbonyl (C=O) groups is 1. The van der Waals surface area contributed by atoms with Gasteiger partial charge in [-0.1, -0.05) is 29.8 Å². The Kier molecular flexibility index (Phi) is 3.76. The summed E-state index contributed by atoms with van der Waals surface area (Å²) in [4.78, 5) is 16.9. The van der Waals surface area contributed by atoms with Crippen molar-refractivity contribution < 1.29 is 4.79 Å². The summed E-state index contributed by atoms with van der Waals surface area (Å²) in [5.41, 5.74) is 5.78. The van der Waals surface area contributed by atoms with E-state index in [1.165, 1.54) is 5.56 Å². The molecule has 1 amide bonds. The van der Waals surface area contributed by atoms with Crippen LogP contribution in [0.15, 0.2) is 42.5 Å². The van der Waals surface area contributed by atoms with Gasteiger partial charge in [0.1, 0.15) is 5.69 Å². The minimum absolute atomic E-state index is 0.298. The SMILES string of the molecule is Cc1ccc(-c2cc(C(=O)Nc3cc4nc(C)cc(C)n4n3)[nH]n2)cc1. The molecule has 1 aromatic carbocycles. The van der Waals surface area contributed by atoms with Crippen LogP contribution in [0.5, 0.6) is 0 Å². The molecule has 0 saturated heterocycles. The van der Waals surface area contributed by atoms with Gasteiger partial charge in [0.2, 0.25) is 0 Å². The summed E-state index contributed by atoms with van der Waals surface area (Å²) in [6.45, 7) is 5.90. The van der Waals surface area contributed by atoms with Gasteiger partial charge in [0.05, 0.1) is 5.69 Å². The fourth-order valence-corrected chi connectivity index (χ4v) is 2.84. The van der Waals surface area contributed by atoms with E-state index in [-0.39, 0.29) is 5.91 Å². The van der Waals surface area contributed by atoms with Crippen molar-refractivity contribution in [3.63, 3.8) is 0 Å². The van der Waals surface area contributed by atoms with Gasteiger partial charge in [0.15, 0.2) is 11.5 Å². The molecule has 0 fully saturated rings. The second-order valence-corrected chi connectivity index (χ2v) is 6.33. The average molecular weight is 346 g/mol. The molecule has 3 heterocycles. The van der Waals surface area contributed by atoms with Crippen LogP contribution in [-0.2, 0) is 0 Å². The van der Waals surface area contributed by atoms with Gasteiger partial charge < -0.3 is 5.32 Å². The van der Waals surface area contributed by atoms with E-state index in [0.717, 1.165) is 22.6 Å². The minimum atomic E-state index is -0.298. The number of carbonyl (C=O) groups excluding carboxylic acids is 1. The van der Waals surface area contributed by atoms with Crippen LogP contribution in [0.25, 0.3) is 16.9 Å². The quantitative estimate of drug-likeness (QED) is 0.596. The van der Waals surface area contributed by atoms with Crippen molar-refractivity contribution in [2.45, 2.75) is 20.8 Å². The van der Waals surface area contributed by atoms with Crippen LogP contribution in [0.1, 0.15) is 27.4 Å². The lowest BCUT2D eigenvalue weighted by molar-refractivity contribution is 0.102. The summed E-state index contributed by atoms with van der Waals surface area (Å²) in [6, 6.07) is 13.4. The normalized spacial score (nSPS) is 11.0. The number of anilines is 1. The number of hydrogen-bond acceptors (Lipinski definition) is 4. The lowest BCUT2D eigenvalue weighted by Gasteiger charge is -1.99. The van der Waals surface area contributed by atoms with Crippen LogP contribution in [0.3, 0.4) is 0 Å². The molecule has 0 aliphatic carbocycles. The maximum atomic E-state index is 12.5. The van der Waals surface area contributed by atoms with E-state index < -0.39 is 0 Å². The Morgan fingerprint density at radius 3 is 2.62 bits per heavy atom. The first-order chi connectivity index (χ1) is 12.5. The van der Waals surface area contributed by atoms with Gasteiger partial charge in [-0.3, -0.25) is 9.89 Å². The lowest BCUT2D eigenvalue weighted by atomic mass is 10.1. The molecule has 0 bridgehead atoms. The summed E-state index contributed by atoms with van der Waals surface area (Å²) in [6.07, 6.45) is 0. The number of aryl methyl sites for hydroxylation is 3. The Balaban J connectivity index is 1.57. The fourth-order valence-electron chi connectivity index (χ4n) is 2.84. The van der Waals surface area contributed by atoms with E-state index in [1.807, 2.05) is 51.1 Å². The summed E-state index contributed by atoms with van der Waals surface area (Å²) in [5, 5.41) is 14.2. The Morgan fingerprint density at radius 1 is 1.08 bits per heavy atom. The molecule has 3 aromatic heterocycles. The zero-order chi connectivity index (χ0) is 18.3. The molecule has 0 aliphatic rings. The minimum Gasteiger partial charge on any atom is -0.304 e. The smallest absolute Gasteiger partial charge is 0.274 e. The molecule has 2 N–H and O–H groups in total. The number of aromatic nitrogens is 5. The van der Waals surface area contributed by atoms with Crippen molar-refractivity contribution in [1.82, 2.24) is 24.8 Å². The van der Waals surface area contributed by atoms with Gasteiger partial charge in [-0.25, -0.2) is 9.50 Å². The summed E-state index contributed by atoms with van der Waals surface area (Å²) >= 11 is 0. The Hall–Kier alpha value is -3.48. The van der Waals surface area contributed by atoms with E-state index in [0.29, 0.717) is 17.2 Å². The van der Waals surface area contributed by atoms with Gasteiger partial charge in [0.25, 0.3) is 5.91 Å². The van der Waals surface area contributed by atoms with Gasteiger partial charge in [-0.15, -0.1) is 5.10 Å². The van der Waals surface area contributed by atoms with E-state index in [9.17, 15) is 4.79 Å². The summed E-state index contributed by atoms with van der Waals surface area (Å²) < 4.78 is 1.70. The van der Waals surface area contributed by atoms with Crippen LogP contribution in [0, 0.1) is 20.8 Å². The molecule has 0 spiro atoms. The molecule has 0 aliphatic heterocycles. The summed E-state index contributed by atoms with van der Waals surface area (Å²) in [7, 11) is 0. The third kappa shape index (κ3) is 2.95. The van der Waals surface area contributed by atoms with Crippen molar-refractivity contribution in [3.05, 3.63) is 65.1 Å². The second kappa shape index (κ2) is 6.11. The zero-order valence-corrected chi connectivity index (χ0v) is 14.7. The van der Waals surface area contributed by atoms with E-state index in [1.54, 1.807) is 16.6 Å². The van der Waals surface area contributed by atoms with Crippen molar-refractivity contribution in [2.75, 3.05) is 5.32 Å². The number of nitrogens with one attached hydrogen (secondary N) is 2. The third-order valence-electron chi connectivity index (χ3n) is 4.14. The number of hydrogen-bond donors (Lipinski definition) is 2. The van der Waals surface area contributed by atoms with Crippen LogP contribution in [-0.4, -0.2) is 30.7 Å². The topological polar surface area (TPSA) is 88.0 Å². The van der Waals surface area contributed by atoms with E-state index in [2.05, 4.69) is 25.6 Å². The number of rotatable bonds is 3. The lowest BCUT2D eigenvalue weighted by Crippen LogP contribution is -2.12. The highest BCUT2D eigenvalue weighted by atomic mass is 16.2. The van der Waals surface area contributed by atoms with Crippen LogP contribution in [0.2, 0.25) is 0 Å². The fraction of sp³-hybridized carbons (Fsp3) is 0.158. The predicted octanol–water partition coefficient (Wildman–Crippen LogP) is 3.30. The molecule has 0 unspecified atom stereocenters.